The van der Waals surface area contributed by atoms with Crippen molar-refractivity contribution in [3.63, 3.8) is 0 Å². The summed E-state index contributed by atoms with van der Waals surface area (Å²) in [6.45, 7) is 1.95. The molecule has 2 heterocycles. The zero-order valence-corrected chi connectivity index (χ0v) is 11.4. The van der Waals surface area contributed by atoms with Crippen molar-refractivity contribution < 1.29 is 9.15 Å². The molecular weight excluding hydrogens is 260 g/mol. The van der Waals surface area contributed by atoms with Crippen LogP contribution in [0.25, 0.3) is 21.4 Å². The number of hydrogen-bond acceptors (Lipinski definition) is 4. The highest BCUT2D eigenvalue weighted by Gasteiger charge is 2.14. The fourth-order valence-corrected chi connectivity index (χ4v) is 2.98. The molecule has 0 aliphatic heterocycles. The third kappa shape index (κ3) is 1.94. The Morgan fingerprint density at radius 2 is 2.11 bits per heavy atom. The molecule has 0 aliphatic carbocycles. The third-order valence-corrected chi connectivity index (χ3v) is 4.03. The normalized spacial score (nSPS) is 10.8. The van der Waals surface area contributed by atoms with Crippen molar-refractivity contribution >= 4 is 22.3 Å². The zero-order chi connectivity index (χ0) is 13.4. The van der Waals surface area contributed by atoms with Crippen molar-refractivity contribution in [2.75, 3.05) is 7.11 Å². The summed E-state index contributed by atoms with van der Waals surface area (Å²) in [7, 11) is 1.59. The second-order valence-electron chi connectivity index (χ2n) is 4.23. The number of ether oxygens (including phenoxy) is 1. The molecule has 3 nitrogen and oxygen atoms in total. The van der Waals surface area contributed by atoms with Gasteiger partial charge in [-0.1, -0.05) is 6.07 Å². The molecule has 19 heavy (non-hydrogen) atoms. The predicted octanol–water partition coefficient (Wildman–Crippen LogP) is 3.84. The highest BCUT2D eigenvalue weighted by Crippen LogP contribution is 2.30. The van der Waals surface area contributed by atoms with Gasteiger partial charge in [-0.2, -0.15) is 0 Å². The van der Waals surface area contributed by atoms with E-state index in [1.807, 2.05) is 36.6 Å². The molecule has 0 N–H and O–H groups in total. The van der Waals surface area contributed by atoms with E-state index in [0.717, 1.165) is 15.8 Å². The van der Waals surface area contributed by atoms with Crippen LogP contribution in [0.4, 0.5) is 0 Å². The number of methoxy groups -OCH3 is 1. The molecule has 0 saturated heterocycles. The number of rotatable bonds is 2. The molecule has 96 valence electrons. The lowest BCUT2D eigenvalue weighted by atomic mass is 10.0. The van der Waals surface area contributed by atoms with Crippen LogP contribution in [0.3, 0.4) is 0 Å². The number of thiophene rings is 1. The van der Waals surface area contributed by atoms with Gasteiger partial charge in [0.25, 0.3) is 0 Å². The summed E-state index contributed by atoms with van der Waals surface area (Å²) >= 11 is 1.54. The van der Waals surface area contributed by atoms with Crippen LogP contribution in [0.5, 0.6) is 5.75 Å². The van der Waals surface area contributed by atoms with E-state index in [1.54, 1.807) is 13.2 Å². The van der Waals surface area contributed by atoms with E-state index >= 15 is 0 Å². The lowest BCUT2D eigenvalue weighted by Crippen LogP contribution is -2.05. The van der Waals surface area contributed by atoms with Crippen LogP contribution in [-0.4, -0.2) is 7.11 Å². The monoisotopic (exact) mass is 272 g/mol. The van der Waals surface area contributed by atoms with Crippen LogP contribution >= 0.6 is 11.3 Å². The Balaban J connectivity index is 2.35. The molecule has 0 radical (unpaired) electrons. The Bertz CT molecular complexity index is 785. The van der Waals surface area contributed by atoms with Gasteiger partial charge in [-0.05, 0) is 36.1 Å². The Hall–Kier alpha value is -2.07. The molecule has 3 rings (SSSR count). The van der Waals surface area contributed by atoms with Crippen molar-refractivity contribution in [3.8, 4) is 16.2 Å². The maximum absolute atomic E-state index is 12.2. The van der Waals surface area contributed by atoms with Gasteiger partial charge in [0.15, 0.2) is 0 Å². The van der Waals surface area contributed by atoms with Crippen LogP contribution in [0.2, 0.25) is 0 Å². The lowest BCUT2D eigenvalue weighted by Gasteiger charge is -2.07. The van der Waals surface area contributed by atoms with Crippen molar-refractivity contribution in [1.82, 2.24) is 0 Å². The molecule has 3 aromatic rings. The fourth-order valence-electron chi connectivity index (χ4n) is 2.17. The van der Waals surface area contributed by atoms with Gasteiger partial charge in [-0.3, -0.25) is 0 Å². The fraction of sp³-hybridized carbons (Fsp3) is 0.133. The first-order valence-electron chi connectivity index (χ1n) is 5.86. The zero-order valence-electron chi connectivity index (χ0n) is 10.6. The van der Waals surface area contributed by atoms with E-state index in [1.165, 1.54) is 11.3 Å². The van der Waals surface area contributed by atoms with Gasteiger partial charge in [-0.15, -0.1) is 11.3 Å². The Kier molecular flexibility index (Phi) is 2.87. The highest BCUT2D eigenvalue weighted by atomic mass is 32.1. The van der Waals surface area contributed by atoms with Gasteiger partial charge in [0.2, 0.25) is 0 Å². The van der Waals surface area contributed by atoms with Crippen LogP contribution in [0, 0.1) is 6.92 Å². The summed E-state index contributed by atoms with van der Waals surface area (Å²) in [5.74, 6) is 0.680. The minimum atomic E-state index is -0.305. The van der Waals surface area contributed by atoms with Gasteiger partial charge in [0, 0.05) is 16.3 Å². The van der Waals surface area contributed by atoms with Crippen molar-refractivity contribution in [2.45, 2.75) is 6.92 Å². The molecule has 0 saturated carbocycles. The van der Waals surface area contributed by atoms with Gasteiger partial charge in [0.05, 0.1) is 12.7 Å². The Labute approximate surface area is 114 Å². The van der Waals surface area contributed by atoms with E-state index in [4.69, 9.17) is 9.15 Å². The number of fused-ring (bicyclic) bond motifs is 1. The van der Waals surface area contributed by atoms with E-state index in [9.17, 15) is 4.79 Å². The van der Waals surface area contributed by atoms with Crippen molar-refractivity contribution in [2.24, 2.45) is 0 Å². The first-order valence-corrected chi connectivity index (χ1v) is 6.74. The SMILES string of the molecule is COc1ccc2c(C)c(-c3cccs3)c(=O)oc2c1. The number of aryl methyl sites for hydroxylation is 1. The minimum Gasteiger partial charge on any atom is -0.497 e. The van der Waals surface area contributed by atoms with Crippen LogP contribution < -0.4 is 10.4 Å². The second kappa shape index (κ2) is 4.55. The molecule has 0 amide bonds. The molecule has 2 aromatic heterocycles. The van der Waals surface area contributed by atoms with Crippen molar-refractivity contribution in [3.05, 3.63) is 51.7 Å². The van der Waals surface area contributed by atoms with Crippen LogP contribution in [-0.2, 0) is 0 Å². The first-order chi connectivity index (χ1) is 9.20. The lowest BCUT2D eigenvalue weighted by molar-refractivity contribution is 0.414. The summed E-state index contributed by atoms with van der Waals surface area (Å²) in [6, 6.07) is 9.38. The summed E-state index contributed by atoms with van der Waals surface area (Å²) in [5.41, 5.74) is 1.84. The molecule has 4 heteroatoms. The van der Waals surface area contributed by atoms with Crippen LogP contribution in [0.15, 0.2) is 44.9 Å². The van der Waals surface area contributed by atoms with Gasteiger partial charge < -0.3 is 9.15 Å². The highest BCUT2D eigenvalue weighted by molar-refractivity contribution is 7.13. The molecule has 1 aromatic carbocycles. The molecule has 0 aliphatic rings. The summed E-state index contributed by atoms with van der Waals surface area (Å²) in [4.78, 5) is 13.1. The van der Waals surface area contributed by atoms with Gasteiger partial charge in [-0.25, -0.2) is 4.79 Å². The maximum atomic E-state index is 12.2. The summed E-state index contributed by atoms with van der Waals surface area (Å²) in [5, 5.41) is 2.88. The largest absolute Gasteiger partial charge is 0.497 e. The molecule has 0 spiro atoms. The predicted molar refractivity (Wildman–Crippen MR) is 77.1 cm³/mol. The van der Waals surface area contributed by atoms with Gasteiger partial charge >= 0.3 is 5.63 Å². The summed E-state index contributed by atoms with van der Waals surface area (Å²) in [6.07, 6.45) is 0. The molecular formula is C15H12O3S. The van der Waals surface area contributed by atoms with E-state index < -0.39 is 0 Å². The molecule has 0 unspecified atom stereocenters. The Morgan fingerprint density at radius 3 is 2.79 bits per heavy atom. The quantitative estimate of drug-likeness (QED) is 0.665. The van der Waals surface area contributed by atoms with E-state index in [2.05, 4.69) is 0 Å². The Morgan fingerprint density at radius 1 is 1.26 bits per heavy atom. The third-order valence-electron chi connectivity index (χ3n) is 3.14. The van der Waals surface area contributed by atoms with Gasteiger partial charge in [0.1, 0.15) is 11.3 Å². The standard InChI is InChI=1S/C15H12O3S/c1-9-11-6-5-10(17-2)8-12(11)18-15(16)14(9)13-4-3-7-19-13/h3-8H,1-2H3. The molecule has 0 atom stereocenters. The maximum Gasteiger partial charge on any atom is 0.345 e. The number of benzene rings is 1. The first kappa shape index (κ1) is 12.0. The summed E-state index contributed by atoms with van der Waals surface area (Å²) < 4.78 is 10.6. The van der Waals surface area contributed by atoms with E-state index in [-0.39, 0.29) is 5.63 Å². The molecule has 0 fully saturated rings. The molecule has 0 bridgehead atoms. The minimum absolute atomic E-state index is 0.305. The van der Waals surface area contributed by atoms with Crippen LogP contribution in [0.1, 0.15) is 5.56 Å². The number of hydrogen-bond donors (Lipinski definition) is 0. The smallest absolute Gasteiger partial charge is 0.345 e. The van der Waals surface area contributed by atoms with Crippen molar-refractivity contribution in [1.29, 1.82) is 0 Å². The van der Waals surface area contributed by atoms with E-state index in [0.29, 0.717) is 16.9 Å². The average Bonchev–Trinajstić information content (AvgIpc) is 2.91. The average molecular weight is 272 g/mol. The topological polar surface area (TPSA) is 39.4 Å². The second-order valence-corrected chi connectivity index (χ2v) is 5.18.